The van der Waals surface area contributed by atoms with E-state index in [1.807, 2.05) is 84.9 Å². The van der Waals surface area contributed by atoms with Gasteiger partial charge in [-0.1, -0.05) is 78.1 Å². The Bertz CT molecular complexity index is 1140. The van der Waals surface area contributed by atoms with E-state index in [1.54, 1.807) is 7.11 Å². The number of hydrogen-bond acceptors (Lipinski definition) is 4. The molecule has 1 heterocycles. The van der Waals surface area contributed by atoms with E-state index in [0.29, 0.717) is 16.5 Å². The van der Waals surface area contributed by atoms with Crippen LogP contribution in [0.3, 0.4) is 0 Å². The number of thiazole rings is 1. The van der Waals surface area contributed by atoms with E-state index < -0.39 is 0 Å². The van der Waals surface area contributed by atoms with Gasteiger partial charge in [-0.2, -0.15) is 0 Å². The molecule has 1 N–H and O–H groups in total. The summed E-state index contributed by atoms with van der Waals surface area (Å²) in [5.74, 6) is 0.491. The van der Waals surface area contributed by atoms with Crippen molar-refractivity contribution in [1.82, 2.24) is 4.98 Å². The van der Waals surface area contributed by atoms with Crippen LogP contribution in [-0.2, 0) is 4.79 Å². The molecule has 4 nitrogen and oxygen atoms in total. The van der Waals surface area contributed by atoms with E-state index in [4.69, 9.17) is 4.74 Å². The summed E-state index contributed by atoms with van der Waals surface area (Å²) in [5, 5.41) is 3.49. The van der Waals surface area contributed by atoms with Crippen molar-refractivity contribution in [2.24, 2.45) is 0 Å². The molecule has 1 amide bonds. The molecule has 0 saturated carbocycles. The number of benzene rings is 3. The lowest BCUT2D eigenvalue weighted by molar-refractivity contribution is -0.111. The maximum Gasteiger partial charge on any atom is 0.258 e. The highest BCUT2D eigenvalue weighted by Gasteiger charge is 2.16. The Kier molecular flexibility index (Phi) is 5.17. The summed E-state index contributed by atoms with van der Waals surface area (Å²) in [6.07, 6.45) is 1.89. The number of rotatable bonds is 5. The fraction of sp³-hybridized carbons (Fsp3) is 0.0435. The van der Waals surface area contributed by atoms with Crippen molar-refractivity contribution < 1.29 is 9.53 Å². The third-order valence-electron chi connectivity index (χ3n) is 4.26. The van der Waals surface area contributed by atoms with Crippen LogP contribution in [0.5, 0.6) is 5.75 Å². The molecular weight excluding hydrogens is 368 g/mol. The molecule has 0 saturated heterocycles. The van der Waals surface area contributed by atoms with E-state index in [0.717, 1.165) is 21.3 Å². The smallest absolute Gasteiger partial charge is 0.258 e. The van der Waals surface area contributed by atoms with Crippen LogP contribution in [0.4, 0.5) is 5.13 Å². The lowest BCUT2D eigenvalue weighted by Crippen LogP contribution is -2.13. The topological polar surface area (TPSA) is 51.2 Å². The molecule has 0 fully saturated rings. The van der Waals surface area contributed by atoms with Crippen molar-refractivity contribution in [3.63, 3.8) is 0 Å². The Hall–Kier alpha value is -3.44. The van der Waals surface area contributed by atoms with Crippen LogP contribution < -0.4 is 10.1 Å². The molecule has 0 spiro atoms. The van der Waals surface area contributed by atoms with Crippen molar-refractivity contribution in [2.45, 2.75) is 0 Å². The maximum absolute atomic E-state index is 13.1. The summed E-state index contributed by atoms with van der Waals surface area (Å²) in [5.41, 5.74) is 3.14. The number of amides is 1. The van der Waals surface area contributed by atoms with Crippen molar-refractivity contribution in [3.05, 3.63) is 90.0 Å². The second-order valence-corrected chi connectivity index (χ2v) is 7.15. The molecule has 0 atom stereocenters. The van der Waals surface area contributed by atoms with Crippen LogP contribution in [0.15, 0.2) is 78.9 Å². The number of nitrogens with one attached hydrogen (secondary N) is 1. The molecule has 0 aliphatic heterocycles. The molecule has 138 valence electrons. The molecule has 1 aromatic heterocycles. The summed E-state index contributed by atoms with van der Waals surface area (Å²) in [4.78, 5) is 17.6. The van der Waals surface area contributed by atoms with Gasteiger partial charge < -0.3 is 4.74 Å². The maximum atomic E-state index is 13.1. The van der Waals surface area contributed by atoms with Gasteiger partial charge in [0.25, 0.3) is 5.91 Å². The minimum atomic E-state index is -0.201. The predicted molar refractivity (Wildman–Crippen MR) is 116 cm³/mol. The SMILES string of the molecule is COc1cccc2sc(NC(=O)/C(=C/c3ccccc3)c3ccccc3)nc12. The minimum Gasteiger partial charge on any atom is -0.494 e. The van der Waals surface area contributed by atoms with Gasteiger partial charge in [0.15, 0.2) is 5.13 Å². The van der Waals surface area contributed by atoms with Gasteiger partial charge in [0.1, 0.15) is 11.3 Å². The Morgan fingerprint density at radius 3 is 2.39 bits per heavy atom. The van der Waals surface area contributed by atoms with E-state index in [9.17, 15) is 4.79 Å². The molecule has 4 aromatic rings. The fourth-order valence-corrected chi connectivity index (χ4v) is 3.80. The van der Waals surface area contributed by atoms with Gasteiger partial charge in [0, 0.05) is 5.57 Å². The zero-order valence-electron chi connectivity index (χ0n) is 15.3. The third kappa shape index (κ3) is 3.80. The average molecular weight is 386 g/mol. The highest BCUT2D eigenvalue weighted by molar-refractivity contribution is 7.22. The second kappa shape index (κ2) is 8.06. The first kappa shape index (κ1) is 17.9. The number of hydrogen-bond donors (Lipinski definition) is 1. The first-order valence-electron chi connectivity index (χ1n) is 8.81. The number of aromatic nitrogens is 1. The van der Waals surface area contributed by atoms with Gasteiger partial charge in [-0.25, -0.2) is 4.98 Å². The zero-order chi connectivity index (χ0) is 19.3. The van der Waals surface area contributed by atoms with Crippen molar-refractivity contribution in [3.8, 4) is 5.75 Å². The van der Waals surface area contributed by atoms with Gasteiger partial charge in [-0.15, -0.1) is 0 Å². The molecule has 0 unspecified atom stereocenters. The van der Waals surface area contributed by atoms with Crippen LogP contribution in [-0.4, -0.2) is 18.0 Å². The summed E-state index contributed by atoms with van der Waals surface area (Å²) >= 11 is 1.42. The molecular formula is C23H18N2O2S. The lowest BCUT2D eigenvalue weighted by Gasteiger charge is -2.08. The molecule has 28 heavy (non-hydrogen) atoms. The van der Waals surface area contributed by atoms with E-state index in [2.05, 4.69) is 10.3 Å². The fourth-order valence-electron chi connectivity index (χ4n) is 2.92. The molecule has 4 rings (SSSR count). The average Bonchev–Trinajstić information content (AvgIpc) is 3.15. The monoisotopic (exact) mass is 386 g/mol. The van der Waals surface area contributed by atoms with Gasteiger partial charge in [0.2, 0.25) is 0 Å². The minimum absolute atomic E-state index is 0.201. The van der Waals surface area contributed by atoms with Gasteiger partial charge in [-0.05, 0) is 29.3 Å². The van der Waals surface area contributed by atoms with E-state index >= 15 is 0 Å². The van der Waals surface area contributed by atoms with Crippen molar-refractivity contribution in [1.29, 1.82) is 0 Å². The van der Waals surface area contributed by atoms with Crippen LogP contribution >= 0.6 is 11.3 Å². The second-order valence-electron chi connectivity index (χ2n) is 6.11. The molecule has 0 bridgehead atoms. The normalized spacial score (nSPS) is 11.4. The number of anilines is 1. The van der Waals surface area contributed by atoms with Gasteiger partial charge in [0.05, 0.1) is 11.8 Å². The van der Waals surface area contributed by atoms with Crippen LogP contribution in [0.25, 0.3) is 21.9 Å². The van der Waals surface area contributed by atoms with E-state index in [-0.39, 0.29) is 5.91 Å². The summed E-state index contributed by atoms with van der Waals surface area (Å²) in [6.45, 7) is 0. The predicted octanol–water partition coefficient (Wildman–Crippen LogP) is 5.48. The van der Waals surface area contributed by atoms with Crippen molar-refractivity contribution in [2.75, 3.05) is 12.4 Å². The molecule has 0 aliphatic carbocycles. The van der Waals surface area contributed by atoms with Crippen LogP contribution in [0.2, 0.25) is 0 Å². The zero-order valence-corrected chi connectivity index (χ0v) is 16.1. The lowest BCUT2D eigenvalue weighted by atomic mass is 10.0. The van der Waals surface area contributed by atoms with Gasteiger partial charge >= 0.3 is 0 Å². The number of methoxy groups -OCH3 is 1. The summed E-state index contributed by atoms with van der Waals surface area (Å²) in [7, 11) is 1.61. The number of nitrogens with zero attached hydrogens (tertiary/aromatic N) is 1. The molecule has 0 radical (unpaired) electrons. The number of carbonyl (C=O) groups excluding carboxylic acids is 1. The Morgan fingerprint density at radius 1 is 0.964 bits per heavy atom. The molecule has 0 aliphatic rings. The standard InChI is InChI=1S/C23H18N2O2S/c1-27-19-13-8-14-20-21(19)24-23(28-20)25-22(26)18(17-11-6-3-7-12-17)15-16-9-4-2-5-10-16/h2-15H,1H3,(H,24,25,26)/b18-15+. The Balaban J connectivity index is 1.69. The van der Waals surface area contributed by atoms with Crippen LogP contribution in [0.1, 0.15) is 11.1 Å². The molecule has 3 aromatic carbocycles. The summed E-state index contributed by atoms with van der Waals surface area (Å²) in [6, 6.07) is 25.2. The molecule has 5 heteroatoms. The quantitative estimate of drug-likeness (QED) is 0.365. The first-order chi connectivity index (χ1) is 13.7. The Morgan fingerprint density at radius 2 is 1.68 bits per heavy atom. The highest BCUT2D eigenvalue weighted by atomic mass is 32.1. The van der Waals surface area contributed by atoms with Gasteiger partial charge in [-0.3, -0.25) is 10.1 Å². The number of carbonyl (C=O) groups is 1. The van der Waals surface area contributed by atoms with Crippen molar-refractivity contribution >= 4 is 44.2 Å². The Labute approximate surface area is 167 Å². The number of fused-ring (bicyclic) bond motifs is 1. The third-order valence-corrected chi connectivity index (χ3v) is 5.20. The van der Waals surface area contributed by atoms with Crippen LogP contribution in [0, 0.1) is 0 Å². The number of para-hydroxylation sites is 1. The summed E-state index contributed by atoms with van der Waals surface area (Å²) < 4.78 is 6.32. The number of ether oxygens (including phenoxy) is 1. The van der Waals surface area contributed by atoms with E-state index in [1.165, 1.54) is 11.3 Å². The largest absolute Gasteiger partial charge is 0.494 e. The highest BCUT2D eigenvalue weighted by Crippen LogP contribution is 2.32. The first-order valence-corrected chi connectivity index (χ1v) is 9.63.